The molecule has 0 fully saturated rings. The Labute approximate surface area is 160 Å². The zero-order chi connectivity index (χ0) is 18.1. The third-order valence-electron chi connectivity index (χ3n) is 4.40. The summed E-state index contributed by atoms with van der Waals surface area (Å²) in [7, 11) is 0. The van der Waals surface area contributed by atoms with Gasteiger partial charge >= 0.3 is 0 Å². The number of aliphatic hydroxyl groups is 1. The van der Waals surface area contributed by atoms with Crippen molar-refractivity contribution in [1.29, 1.82) is 0 Å². The summed E-state index contributed by atoms with van der Waals surface area (Å²) < 4.78 is -0.271. The Morgan fingerprint density at radius 2 is 1.08 bits per heavy atom. The molecule has 0 aromatic heterocycles. The first kappa shape index (κ1) is 18.5. The Morgan fingerprint density at radius 3 is 1.46 bits per heavy atom. The van der Waals surface area contributed by atoms with E-state index in [9.17, 15) is 0 Å². The Bertz CT molecular complexity index is 701. The highest BCUT2D eigenvalue weighted by Gasteiger charge is 2.36. The Kier molecular flexibility index (Phi) is 6.70. The SMILES string of the molecule is OCCC=CCSC(c1ccccc1)(c1ccccc1)c1ccccc1. The van der Waals surface area contributed by atoms with Gasteiger partial charge in [-0.1, -0.05) is 103 Å². The minimum absolute atomic E-state index is 0.197. The minimum Gasteiger partial charge on any atom is -0.396 e. The van der Waals surface area contributed by atoms with Crippen LogP contribution < -0.4 is 0 Å². The first-order valence-electron chi connectivity index (χ1n) is 8.94. The summed E-state index contributed by atoms with van der Waals surface area (Å²) in [6, 6.07) is 32.1. The summed E-state index contributed by atoms with van der Waals surface area (Å²) in [5.74, 6) is 0.874. The van der Waals surface area contributed by atoms with Crippen LogP contribution in [0.15, 0.2) is 103 Å². The van der Waals surface area contributed by atoms with E-state index in [0.717, 1.165) is 5.75 Å². The zero-order valence-corrected chi connectivity index (χ0v) is 15.6. The Morgan fingerprint density at radius 1 is 0.654 bits per heavy atom. The highest BCUT2D eigenvalue weighted by molar-refractivity contribution is 8.00. The molecule has 0 aliphatic carbocycles. The molecular weight excluding hydrogens is 336 g/mol. The van der Waals surface area contributed by atoms with Crippen LogP contribution in [0.5, 0.6) is 0 Å². The van der Waals surface area contributed by atoms with E-state index in [2.05, 4.69) is 103 Å². The van der Waals surface area contributed by atoms with E-state index >= 15 is 0 Å². The van der Waals surface area contributed by atoms with E-state index < -0.39 is 0 Å². The predicted octanol–water partition coefficient (Wildman–Crippen LogP) is 5.65. The first-order valence-corrected chi connectivity index (χ1v) is 9.93. The molecule has 0 heterocycles. The number of hydrogen-bond acceptors (Lipinski definition) is 2. The van der Waals surface area contributed by atoms with Crippen molar-refractivity contribution in [1.82, 2.24) is 0 Å². The molecule has 0 atom stereocenters. The van der Waals surface area contributed by atoms with Gasteiger partial charge in [0.2, 0.25) is 0 Å². The van der Waals surface area contributed by atoms with Crippen LogP contribution in [-0.4, -0.2) is 17.5 Å². The van der Waals surface area contributed by atoms with Crippen LogP contribution in [-0.2, 0) is 4.75 Å². The molecule has 1 nitrogen and oxygen atoms in total. The maximum absolute atomic E-state index is 9.00. The lowest BCUT2D eigenvalue weighted by Crippen LogP contribution is -2.26. The van der Waals surface area contributed by atoms with E-state index in [0.29, 0.717) is 6.42 Å². The standard InChI is InChI=1S/C24H24OS/c25-19-11-4-12-20-26-24(21-13-5-1-6-14-21,22-15-7-2-8-16-22)23-17-9-3-10-18-23/h1-10,12-18,25H,11,19-20H2. The summed E-state index contributed by atoms with van der Waals surface area (Å²) >= 11 is 1.91. The van der Waals surface area contributed by atoms with Gasteiger partial charge in [-0.15, -0.1) is 11.8 Å². The smallest absolute Gasteiger partial charge is 0.0910 e. The fourth-order valence-electron chi connectivity index (χ4n) is 3.20. The normalized spacial score (nSPS) is 11.7. The van der Waals surface area contributed by atoms with Crippen molar-refractivity contribution in [2.75, 3.05) is 12.4 Å². The van der Waals surface area contributed by atoms with Crippen molar-refractivity contribution in [2.45, 2.75) is 11.2 Å². The van der Waals surface area contributed by atoms with Crippen LogP contribution in [0.25, 0.3) is 0 Å². The van der Waals surface area contributed by atoms with Crippen LogP contribution in [0.1, 0.15) is 23.1 Å². The molecule has 132 valence electrons. The van der Waals surface area contributed by atoms with E-state index in [1.165, 1.54) is 16.7 Å². The van der Waals surface area contributed by atoms with Gasteiger partial charge in [-0.25, -0.2) is 0 Å². The van der Waals surface area contributed by atoms with Crippen LogP contribution in [0.2, 0.25) is 0 Å². The molecule has 0 bridgehead atoms. The molecule has 3 rings (SSSR count). The summed E-state index contributed by atoms with van der Waals surface area (Å²) in [6.45, 7) is 0.197. The fraction of sp³-hybridized carbons (Fsp3) is 0.167. The van der Waals surface area contributed by atoms with Gasteiger partial charge in [-0.05, 0) is 23.1 Å². The monoisotopic (exact) mass is 360 g/mol. The van der Waals surface area contributed by atoms with Crippen LogP contribution in [0.3, 0.4) is 0 Å². The highest BCUT2D eigenvalue weighted by Crippen LogP contribution is 2.48. The second-order valence-corrected chi connectivity index (χ2v) is 7.31. The Hall–Kier alpha value is -2.29. The quantitative estimate of drug-likeness (QED) is 0.414. The molecule has 2 heteroatoms. The lowest BCUT2D eigenvalue weighted by Gasteiger charge is -2.35. The van der Waals surface area contributed by atoms with Crippen molar-refractivity contribution in [3.05, 3.63) is 120 Å². The molecule has 26 heavy (non-hydrogen) atoms. The highest BCUT2D eigenvalue weighted by atomic mass is 32.2. The number of aliphatic hydroxyl groups excluding tert-OH is 1. The average molecular weight is 361 g/mol. The minimum atomic E-state index is -0.271. The molecule has 0 saturated carbocycles. The van der Waals surface area contributed by atoms with E-state index in [1.54, 1.807) is 0 Å². The number of benzene rings is 3. The van der Waals surface area contributed by atoms with Gasteiger partial charge in [0.1, 0.15) is 0 Å². The Balaban J connectivity index is 2.11. The molecule has 0 unspecified atom stereocenters. The maximum Gasteiger partial charge on any atom is 0.0910 e. The van der Waals surface area contributed by atoms with Crippen LogP contribution in [0, 0.1) is 0 Å². The molecule has 3 aromatic carbocycles. The van der Waals surface area contributed by atoms with Gasteiger partial charge in [0.25, 0.3) is 0 Å². The molecule has 3 aromatic rings. The summed E-state index contributed by atoms with van der Waals surface area (Å²) in [4.78, 5) is 0. The van der Waals surface area contributed by atoms with Crippen molar-refractivity contribution in [2.24, 2.45) is 0 Å². The fourth-order valence-corrected chi connectivity index (χ4v) is 4.59. The molecule has 0 amide bonds. The molecule has 0 radical (unpaired) electrons. The van der Waals surface area contributed by atoms with Gasteiger partial charge in [-0.3, -0.25) is 0 Å². The number of rotatable bonds is 8. The topological polar surface area (TPSA) is 20.2 Å². The molecule has 0 aliphatic rings. The van der Waals surface area contributed by atoms with E-state index in [4.69, 9.17) is 5.11 Å². The van der Waals surface area contributed by atoms with Crippen molar-refractivity contribution in [3.63, 3.8) is 0 Å². The third-order valence-corrected chi connectivity index (χ3v) is 5.90. The first-order chi connectivity index (χ1) is 12.9. The molecule has 1 N–H and O–H groups in total. The van der Waals surface area contributed by atoms with Gasteiger partial charge in [-0.2, -0.15) is 0 Å². The molecule has 0 spiro atoms. The number of hydrogen-bond donors (Lipinski definition) is 1. The van der Waals surface area contributed by atoms with Gasteiger partial charge < -0.3 is 5.11 Å². The van der Waals surface area contributed by atoms with Crippen LogP contribution in [0.4, 0.5) is 0 Å². The van der Waals surface area contributed by atoms with Gasteiger partial charge in [0.05, 0.1) is 4.75 Å². The van der Waals surface area contributed by atoms with Crippen LogP contribution >= 0.6 is 11.8 Å². The average Bonchev–Trinajstić information content (AvgIpc) is 2.73. The van der Waals surface area contributed by atoms with Gasteiger partial charge in [0, 0.05) is 12.4 Å². The molecule has 0 saturated heterocycles. The second-order valence-electron chi connectivity index (χ2n) is 6.07. The predicted molar refractivity (Wildman–Crippen MR) is 113 cm³/mol. The summed E-state index contributed by atoms with van der Waals surface area (Å²) in [5.41, 5.74) is 3.83. The third kappa shape index (κ3) is 4.09. The molecule has 0 aliphatic heterocycles. The van der Waals surface area contributed by atoms with E-state index in [1.807, 2.05) is 11.8 Å². The van der Waals surface area contributed by atoms with Crippen molar-refractivity contribution >= 4 is 11.8 Å². The van der Waals surface area contributed by atoms with Gasteiger partial charge in [0.15, 0.2) is 0 Å². The number of thioether (sulfide) groups is 1. The van der Waals surface area contributed by atoms with Crippen molar-refractivity contribution < 1.29 is 5.11 Å². The summed E-state index contributed by atoms with van der Waals surface area (Å²) in [6.07, 6.45) is 4.92. The largest absolute Gasteiger partial charge is 0.396 e. The summed E-state index contributed by atoms with van der Waals surface area (Å²) in [5, 5.41) is 9.00. The van der Waals surface area contributed by atoms with Crippen molar-refractivity contribution in [3.8, 4) is 0 Å². The second kappa shape index (κ2) is 9.42. The lowest BCUT2D eigenvalue weighted by atomic mass is 9.84. The van der Waals surface area contributed by atoms with E-state index in [-0.39, 0.29) is 11.4 Å². The lowest BCUT2D eigenvalue weighted by molar-refractivity contribution is 0.302. The maximum atomic E-state index is 9.00. The molecular formula is C24H24OS. The zero-order valence-electron chi connectivity index (χ0n) is 14.8.